The Labute approximate surface area is 149 Å². The maximum atomic E-state index is 12.7. The Morgan fingerprint density at radius 1 is 1.12 bits per heavy atom. The van der Waals surface area contributed by atoms with E-state index in [2.05, 4.69) is 5.32 Å². The van der Waals surface area contributed by atoms with E-state index in [1.807, 2.05) is 0 Å². The first-order valence-corrected chi connectivity index (χ1v) is 7.79. The number of benzene rings is 2. The van der Waals surface area contributed by atoms with Crippen molar-refractivity contribution in [2.24, 2.45) is 12.8 Å². The second kappa shape index (κ2) is 6.72. The van der Waals surface area contributed by atoms with E-state index >= 15 is 0 Å². The second-order valence-electron chi connectivity index (χ2n) is 5.76. The Morgan fingerprint density at radius 3 is 2.42 bits per heavy atom. The monoisotopic (exact) mass is 351 g/mol. The number of hydrogen-bond acceptors (Lipinski definition) is 4. The highest BCUT2D eigenvalue weighted by molar-refractivity contribution is 6.06. The van der Waals surface area contributed by atoms with E-state index < -0.39 is 11.8 Å². The van der Waals surface area contributed by atoms with Gasteiger partial charge in [-0.1, -0.05) is 0 Å². The molecule has 0 fully saturated rings. The van der Waals surface area contributed by atoms with Crippen LogP contribution in [-0.4, -0.2) is 23.5 Å². The molecule has 1 aromatic heterocycles. The lowest BCUT2D eigenvalue weighted by Gasteiger charge is -2.11. The van der Waals surface area contributed by atoms with Crippen LogP contribution in [0.25, 0.3) is 10.9 Å². The van der Waals surface area contributed by atoms with Gasteiger partial charge >= 0.3 is 0 Å². The quantitative estimate of drug-likeness (QED) is 0.749. The molecule has 0 aliphatic heterocycles. The number of anilines is 1. The maximum absolute atomic E-state index is 12.7. The van der Waals surface area contributed by atoms with E-state index in [1.54, 1.807) is 41.9 Å². The first-order valence-electron chi connectivity index (χ1n) is 7.79. The summed E-state index contributed by atoms with van der Waals surface area (Å²) in [5, 5.41) is 3.04. The smallest absolute Gasteiger partial charge is 0.261 e. The van der Waals surface area contributed by atoms with Gasteiger partial charge in [0.25, 0.3) is 5.91 Å². The van der Waals surface area contributed by atoms with Gasteiger partial charge in [-0.05, 0) is 42.5 Å². The minimum atomic E-state index is -0.555. The molecular weight excluding hydrogens is 334 g/mol. The van der Waals surface area contributed by atoms with Gasteiger partial charge in [0, 0.05) is 24.5 Å². The van der Waals surface area contributed by atoms with Crippen LogP contribution in [0.1, 0.15) is 20.7 Å². The normalized spacial score (nSPS) is 10.5. The van der Waals surface area contributed by atoms with Crippen molar-refractivity contribution in [1.29, 1.82) is 0 Å². The molecule has 0 aliphatic carbocycles. The number of aromatic nitrogens is 1. The van der Waals surface area contributed by atoms with E-state index in [9.17, 15) is 14.4 Å². The number of primary amides is 1. The molecule has 0 aliphatic rings. The number of carbonyl (C=O) groups excluding carboxylic acids is 2. The molecule has 0 unspecified atom stereocenters. The Hall–Kier alpha value is -3.61. The lowest BCUT2D eigenvalue weighted by Crippen LogP contribution is -2.23. The van der Waals surface area contributed by atoms with Gasteiger partial charge in [-0.2, -0.15) is 0 Å². The molecule has 3 N–H and O–H groups in total. The fourth-order valence-corrected chi connectivity index (χ4v) is 2.68. The largest absolute Gasteiger partial charge is 0.497 e. The number of carbonyl (C=O) groups is 2. The van der Waals surface area contributed by atoms with Gasteiger partial charge in [0.05, 0.1) is 18.0 Å². The number of ether oxygens (including phenoxy) is 1. The van der Waals surface area contributed by atoms with Gasteiger partial charge in [0.15, 0.2) is 0 Å². The molecule has 0 radical (unpaired) electrons. The molecule has 3 aromatic rings. The number of nitrogens with one attached hydrogen (secondary N) is 1. The molecule has 26 heavy (non-hydrogen) atoms. The molecule has 0 spiro atoms. The Kier molecular flexibility index (Phi) is 4.45. The molecule has 0 saturated carbocycles. The number of rotatable bonds is 4. The molecule has 7 heteroatoms. The summed E-state index contributed by atoms with van der Waals surface area (Å²) in [6, 6.07) is 11.2. The standard InChI is InChI=1S/C19H17N3O4/c1-22-10-15(17(23)14-9-13(26-2)7-8-16(14)22)19(25)21-12-5-3-11(4-6-12)18(20)24/h3-10H,1-2H3,(H2,20,24)(H,21,25). The van der Waals surface area contributed by atoms with Crippen LogP contribution in [0.2, 0.25) is 0 Å². The van der Waals surface area contributed by atoms with Crippen LogP contribution < -0.4 is 21.2 Å². The molecule has 3 rings (SSSR count). The van der Waals surface area contributed by atoms with Crippen molar-refractivity contribution >= 4 is 28.4 Å². The summed E-state index contributed by atoms with van der Waals surface area (Å²) < 4.78 is 6.87. The average Bonchev–Trinajstić information content (AvgIpc) is 2.64. The first kappa shape index (κ1) is 17.2. The van der Waals surface area contributed by atoms with Crippen molar-refractivity contribution in [3.63, 3.8) is 0 Å². The average molecular weight is 351 g/mol. The summed E-state index contributed by atoms with van der Waals surface area (Å²) in [5.74, 6) is -0.559. The van der Waals surface area contributed by atoms with Gasteiger partial charge in [-0.15, -0.1) is 0 Å². The fourth-order valence-electron chi connectivity index (χ4n) is 2.68. The number of hydrogen-bond donors (Lipinski definition) is 2. The lowest BCUT2D eigenvalue weighted by atomic mass is 10.1. The zero-order valence-electron chi connectivity index (χ0n) is 14.3. The number of fused-ring (bicyclic) bond motifs is 1. The molecule has 0 bridgehead atoms. The highest BCUT2D eigenvalue weighted by atomic mass is 16.5. The minimum absolute atomic E-state index is 0.00670. The summed E-state index contributed by atoms with van der Waals surface area (Å²) in [4.78, 5) is 36.4. The fraction of sp³-hybridized carbons (Fsp3) is 0.105. The Balaban J connectivity index is 1.98. The SMILES string of the molecule is COc1ccc2c(c1)c(=O)c(C(=O)Nc1ccc(C(N)=O)cc1)cn2C. The highest BCUT2D eigenvalue weighted by Gasteiger charge is 2.15. The summed E-state index contributed by atoms with van der Waals surface area (Å²) >= 11 is 0. The molecule has 0 saturated heterocycles. The van der Waals surface area contributed by atoms with Gasteiger partial charge in [-0.3, -0.25) is 14.4 Å². The summed E-state index contributed by atoms with van der Waals surface area (Å²) in [6.45, 7) is 0. The van der Waals surface area contributed by atoms with Crippen LogP contribution in [0.15, 0.2) is 53.5 Å². The first-order chi connectivity index (χ1) is 12.4. The Bertz CT molecular complexity index is 1070. The zero-order chi connectivity index (χ0) is 18.8. The van der Waals surface area contributed by atoms with Crippen molar-refractivity contribution in [2.45, 2.75) is 0 Å². The van der Waals surface area contributed by atoms with E-state index in [1.165, 1.54) is 25.4 Å². The molecule has 2 aromatic carbocycles. The number of amides is 2. The van der Waals surface area contributed by atoms with Crippen LogP contribution in [0.4, 0.5) is 5.69 Å². The third-order valence-corrected chi connectivity index (χ3v) is 4.07. The lowest BCUT2D eigenvalue weighted by molar-refractivity contribution is 0.0998. The molecule has 7 nitrogen and oxygen atoms in total. The van der Waals surface area contributed by atoms with E-state index in [0.29, 0.717) is 27.9 Å². The Morgan fingerprint density at radius 2 is 1.81 bits per heavy atom. The highest BCUT2D eigenvalue weighted by Crippen LogP contribution is 2.19. The number of methoxy groups -OCH3 is 1. The minimum Gasteiger partial charge on any atom is -0.497 e. The third-order valence-electron chi connectivity index (χ3n) is 4.07. The van der Waals surface area contributed by atoms with Crippen molar-refractivity contribution in [1.82, 2.24) is 4.57 Å². The molecule has 0 atom stereocenters. The number of aryl methyl sites for hydroxylation is 1. The molecule has 1 heterocycles. The van der Waals surface area contributed by atoms with Gasteiger partial charge in [-0.25, -0.2) is 0 Å². The zero-order valence-corrected chi connectivity index (χ0v) is 14.3. The molecule has 132 valence electrons. The second-order valence-corrected chi connectivity index (χ2v) is 5.76. The van der Waals surface area contributed by atoms with Crippen molar-refractivity contribution in [3.8, 4) is 5.75 Å². The predicted molar refractivity (Wildman–Crippen MR) is 98.7 cm³/mol. The van der Waals surface area contributed by atoms with E-state index in [4.69, 9.17) is 10.5 Å². The van der Waals surface area contributed by atoms with Crippen LogP contribution in [-0.2, 0) is 7.05 Å². The number of nitrogens with two attached hydrogens (primary N) is 1. The van der Waals surface area contributed by atoms with E-state index in [-0.39, 0.29) is 11.0 Å². The van der Waals surface area contributed by atoms with Crippen LogP contribution in [0, 0.1) is 0 Å². The van der Waals surface area contributed by atoms with E-state index in [0.717, 1.165) is 0 Å². The predicted octanol–water partition coefficient (Wildman–Crippen LogP) is 1.90. The van der Waals surface area contributed by atoms with Crippen LogP contribution in [0.5, 0.6) is 5.75 Å². The van der Waals surface area contributed by atoms with Gasteiger partial charge < -0.3 is 20.4 Å². The maximum Gasteiger partial charge on any atom is 0.261 e. The van der Waals surface area contributed by atoms with Gasteiger partial charge in [0.2, 0.25) is 11.3 Å². The van der Waals surface area contributed by atoms with Gasteiger partial charge in [0.1, 0.15) is 11.3 Å². The third kappa shape index (κ3) is 3.14. The summed E-state index contributed by atoms with van der Waals surface area (Å²) in [5.41, 5.74) is 6.28. The number of pyridine rings is 1. The number of nitrogens with zero attached hydrogens (tertiary/aromatic N) is 1. The van der Waals surface area contributed by atoms with Crippen molar-refractivity contribution in [3.05, 3.63) is 70.0 Å². The topological polar surface area (TPSA) is 103 Å². The molecule has 2 amide bonds. The summed E-state index contributed by atoms with van der Waals surface area (Å²) in [7, 11) is 3.27. The van der Waals surface area contributed by atoms with Crippen LogP contribution >= 0.6 is 0 Å². The van der Waals surface area contributed by atoms with Crippen LogP contribution in [0.3, 0.4) is 0 Å². The summed E-state index contributed by atoms with van der Waals surface area (Å²) in [6.07, 6.45) is 1.49. The van der Waals surface area contributed by atoms with Crippen molar-refractivity contribution < 1.29 is 14.3 Å². The van der Waals surface area contributed by atoms with Crippen molar-refractivity contribution in [2.75, 3.05) is 12.4 Å². The molecular formula is C19H17N3O4.